The summed E-state index contributed by atoms with van der Waals surface area (Å²) in [6.07, 6.45) is 33.8. The molecule has 0 amide bonds. The highest BCUT2D eigenvalue weighted by Gasteiger charge is 2.19. The molecule has 1 unspecified atom stereocenters. The second-order valence-corrected chi connectivity index (χ2v) is 15.7. The van der Waals surface area contributed by atoms with Gasteiger partial charge in [0.15, 0.2) is 6.10 Å². The van der Waals surface area contributed by atoms with E-state index in [2.05, 4.69) is 34.6 Å². The molecule has 50 heavy (non-hydrogen) atoms. The Morgan fingerprint density at radius 3 is 1.14 bits per heavy atom. The van der Waals surface area contributed by atoms with Crippen LogP contribution >= 0.6 is 0 Å². The maximum atomic E-state index is 12.7. The first-order chi connectivity index (χ1) is 24.3. The molecule has 2 atom stereocenters. The molecular weight excluding hydrogens is 624 g/mol. The Morgan fingerprint density at radius 1 is 0.420 bits per heavy atom. The standard InChI is InChI=1S/C44H84O6/c1-6-8-9-10-11-14-18-24-29-34-42(45)48-37-41(38-49-43(46)35-30-25-21-20-22-27-32-39(3)4)50-44(47)36-31-26-19-16-13-12-15-17-23-28-33-40(5)7-2/h39-41H,6-38H2,1-5H3/t40?,41-/m1/s1. The topological polar surface area (TPSA) is 78.9 Å². The van der Waals surface area contributed by atoms with E-state index in [1.165, 1.54) is 122 Å². The average Bonchev–Trinajstić information content (AvgIpc) is 3.09. The van der Waals surface area contributed by atoms with Crippen LogP contribution in [0.5, 0.6) is 0 Å². The highest BCUT2D eigenvalue weighted by molar-refractivity contribution is 5.71. The lowest BCUT2D eigenvalue weighted by molar-refractivity contribution is -0.167. The fourth-order valence-corrected chi connectivity index (χ4v) is 6.37. The Bertz CT molecular complexity index is 766. The third-order valence-corrected chi connectivity index (χ3v) is 10.1. The second kappa shape index (κ2) is 37.2. The third kappa shape index (κ3) is 36.2. The Labute approximate surface area is 310 Å². The van der Waals surface area contributed by atoms with E-state index in [1.807, 2.05) is 0 Å². The molecule has 0 rings (SSSR count). The van der Waals surface area contributed by atoms with Crippen molar-refractivity contribution in [3.8, 4) is 0 Å². The van der Waals surface area contributed by atoms with Gasteiger partial charge < -0.3 is 14.2 Å². The molecule has 0 aromatic rings. The van der Waals surface area contributed by atoms with E-state index in [-0.39, 0.29) is 31.1 Å². The van der Waals surface area contributed by atoms with Crippen molar-refractivity contribution in [1.29, 1.82) is 0 Å². The van der Waals surface area contributed by atoms with Crippen LogP contribution in [0.25, 0.3) is 0 Å². The van der Waals surface area contributed by atoms with E-state index in [4.69, 9.17) is 14.2 Å². The molecule has 0 fully saturated rings. The maximum Gasteiger partial charge on any atom is 0.306 e. The highest BCUT2D eigenvalue weighted by Crippen LogP contribution is 2.17. The largest absolute Gasteiger partial charge is 0.462 e. The molecule has 0 aliphatic carbocycles. The van der Waals surface area contributed by atoms with Crippen LogP contribution in [0.4, 0.5) is 0 Å². The van der Waals surface area contributed by atoms with Crippen molar-refractivity contribution >= 4 is 17.9 Å². The molecular formula is C44H84O6. The van der Waals surface area contributed by atoms with Crippen LogP contribution in [0.15, 0.2) is 0 Å². The summed E-state index contributed by atoms with van der Waals surface area (Å²) in [5, 5.41) is 0. The van der Waals surface area contributed by atoms with E-state index in [0.717, 1.165) is 69.6 Å². The number of hydrogen-bond donors (Lipinski definition) is 0. The minimum atomic E-state index is -0.760. The van der Waals surface area contributed by atoms with Crippen LogP contribution in [0.3, 0.4) is 0 Å². The first-order valence-electron chi connectivity index (χ1n) is 21.8. The molecule has 0 saturated carbocycles. The lowest BCUT2D eigenvalue weighted by Crippen LogP contribution is -2.30. The summed E-state index contributed by atoms with van der Waals surface area (Å²) in [7, 11) is 0. The van der Waals surface area contributed by atoms with Gasteiger partial charge in [0.25, 0.3) is 0 Å². The van der Waals surface area contributed by atoms with Gasteiger partial charge in [0.2, 0.25) is 0 Å². The van der Waals surface area contributed by atoms with E-state index in [1.54, 1.807) is 0 Å². The zero-order valence-electron chi connectivity index (χ0n) is 34.0. The van der Waals surface area contributed by atoms with Gasteiger partial charge in [-0.2, -0.15) is 0 Å². The van der Waals surface area contributed by atoms with E-state index in [9.17, 15) is 14.4 Å². The van der Waals surface area contributed by atoms with Crippen molar-refractivity contribution in [1.82, 2.24) is 0 Å². The molecule has 6 heteroatoms. The number of hydrogen-bond acceptors (Lipinski definition) is 6. The zero-order valence-corrected chi connectivity index (χ0v) is 34.0. The van der Waals surface area contributed by atoms with Crippen LogP contribution in [0, 0.1) is 11.8 Å². The molecule has 6 nitrogen and oxygen atoms in total. The van der Waals surface area contributed by atoms with Gasteiger partial charge in [0, 0.05) is 19.3 Å². The summed E-state index contributed by atoms with van der Waals surface area (Å²) in [5.74, 6) is 0.763. The summed E-state index contributed by atoms with van der Waals surface area (Å²) in [4.78, 5) is 37.5. The molecule has 0 spiro atoms. The van der Waals surface area contributed by atoms with Gasteiger partial charge in [0.1, 0.15) is 13.2 Å². The normalized spacial score (nSPS) is 12.6. The Balaban J connectivity index is 4.33. The first kappa shape index (κ1) is 48.4. The van der Waals surface area contributed by atoms with Gasteiger partial charge in [-0.15, -0.1) is 0 Å². The zero-order chi connectivity index (χ0) is 36.9. The minimum absolute atomic E-state index is 0.0662. The predicted octanol–water partition coefficient (Wildman–Crippen LogP) is 13.4. The number of rotatable bonds is 38. The van der Waals surface area contributed by atoms with Crippen molar-refractivity contribution in [3.63, 3.8) is 0 Å². The monoisotopic (exact) mass is 709 g/mol. The Hall–Kier alpha value is -1.59. The first-order valence-corrected chi connectivity index (χ1v) is 21.8. The third-order valence-electron chi connectivity index (χ3n) is 10.1. The summed E-state index contributed by atoms with van der Waals surface area (Å²) < 4.78 is 16.6. The van der Waals surface area contributed by atoms with Crippen molar-refractivity contribution < 1.29 is 28.6 Å². The fourth-order valence-electron chi connectivity index (χ4n) is 6.37. The van der Waals surface area contributed by atoms with Gasteiger partial charge in [-0.25, -0.2) is 0 Å². The van der Waals surface area contributed by atoms with Gasteiger partial charge in [-0.3, -0.25) is 14.4 Å². The predicted molar refractivity (Wildman–Crippen MR) is 210 cm³/mol. The Kier molecular flexibility index (Phi) is 36.0. The van der Waals surface area contributed by atoms with Crippen molar-refractivity contribution in [2.45, 2.75) is 240 Å². The number of carbonyl (C=O) groups excluding carboxylic acids is 3. The second-order valence-electron chi connectivity index (χ2n) is 15.7. The molecule has 0 N–H and O–H groups in total. The van der Waals surface area contributed by atoms with Crippen molar-refractivity contribution in [2.24, 2.45) is 11.8 Å². The average molecular weight is 709 g/mol. The number of ether oxygens (including phenoxy) is 3. The maximum absolute atomic E-state index is 12.7. The van der Waals surface area contributed by atoms with Crippen LogP contribution < -0.4 is 0 Å². The van der Waals surface area contributed by atoms with Crippen LogP contribution in [0.2, 0.25) is 0 Å². The van der Waals surface area contributed by atoms with Gasteiger partial charge in [-0.1, -0.05) is 195 Å². The molecule has 0 bridgehead atoms. The molecule has 0 aromatic heterocycles. The van der Waals surface area contributed by atoms with E-state index in [0.29, 0.717) is 19.3 Å². The highest BCUT2D eigenvalue weighted by atomic mass is 16.6. The van der Waals surface area contributed by atoms with Crippen molar-refractivity contribution in [3.05, 3.63) is 0 Å². The summed E-state index contributed by atoms with van der Waals surface area (Å²) >= 11 is 0. The summed E-state index contributed by atoms with van der Waals surface area (Å²) in [6.45, 7) is 11.3. The summed E-state index contributed by atoms with van der Waals surface area (Å²) in [6, 6.07) is 0. The Morgan fingerprint density at radius 2 is 0.760 bits per heavy atom. The van der Waals surface area contributed by atoms with E-state index < -0.39 is 6.10 Å². The van der Waals surface area contributed by atoms with Crippen molar-refractivity contribution in [2.75, 3.05) is 13.2 Å². The van der Waals surface area contributed by atoms with Gasteiger partial charge in [-0.05, 0) is 31.1 Å². The van der Waals surface area contributed by atoms with E-state index >= 15 is 0 Å². The quantitative estimate of drug-likeness (QED) is 0.0361. The van der Waals surface area contributed by atoms with Gasteiger partial charge in [0.05, 0.1) is 0 Å². The molecule has 0 aliphatic rings. The molecule has 0 heterocycles. The minimum Gasteiger partial charge on any atom is -0.462 e. The lowest BCUT2D eigenvalue weighted by atomic mass is 9.99. The SMILES string of the molecule is CCCCCCCCCCCC(=O)OC[C@H](COC(=O)CCCCCCCCC(C)C)OC(=O)CCCCCCCCCCCCC(C)CC. The van der Waals surface area contributed by atoms with Crippen LogP contribution in [-0.2, 0) is 28.6 Å². The number of esters is 3. The van der Waals surface area contributed by atoms with Gasteiger partial charge >= 0.3 is 17.9 Å². The number of carbonyl (C=O) groups is 3. The molecule has 0 aliphatic heterocycles. The number of unbranched alkanes of at least 4 members (excludes halogenated alkanes) is 22. The summed E-state index contributed by atoms with van der Waals surface area (Å²) in [5.41, 5.74) is 0. The molecule has 0 saturated heterocycles. The molecule has 0 radical (unpaired) electrons. The lowest BCUT2D eigenvalue weighted by Gasteiger charge is -2.18. The molecule has 296 valence electrons. The molecule has 0 aromatic carbocycles. The fraction of sp³-hybridized carbons (Fsp3) is 0.932. The van der Waals surface area contributed by atoms with Crippen LogP contribution in [0.1, 0.15) is 234 Å². The smallest absolute Gasteiger partial charge is 0.306 e. The van der Waals surface area contributed by atoms with Crippen LogP contribution in [-0.4, -0.2) is 37.2 Å².